The van der Waals surface area contributed by atoms with E-state index >= 15 is 0 Å². The van der Waals surface area contributed by atoms with E-state index in [4.69, 9.17) is 6.58 Å². The number of unbranched alkanes of at least 4 members (excludes halogenated alkanes) is 1. The summed E-state index contributed by atoms with van der Waals surface area (Å²) in [7, 11) is 0. The zero-order chi connectivity index (χ0) is 37.9. The van der Waals surface area contributed by atoms with Gasteiger partial charge in [0.2, 0.25) is 0 Å². The first-order valence-corrected chi connectivity index (χ1v) is 20.1. The van der Waals surface area contributed by atoms with Crippen molar-refractivity contribution in [3.63, 3.8) is 0 Å². The molecule has 4 aromatic carbocycles. The van der Waals surface area contributed by atoms with Crippen LogP contribution in [0.4, 0.5) is 5.69 Å². The number of benzene rings is 4. The van der Waals surface area contributed by atoms with E-state index in [1.165, 1.54) is 60.0 Å². The predicted molar refractivity (Wildman–Crippen MR) is 238 cm³/mol. The van der Waals surface area contributed by atoms with Gasteiger partial charge >= 0.3 is 0 Å². The maximum atomic E-state index is 4.89. The Hall–Kier alpha value is -5.31. The third-order valence-corrected chi connectivity index (χ3v) is 11.5. The van der Waals surface area contributed by atoms with Crippen molar-refractivity contribution in [2.45, 2.75) is 68.7 Å². The van der Waals surface area contributed by atoms with Crippen LogP contribution in [-0.2, 0) is 5.41 Å². The minimum absolute atomic E-state index is 0.232. The molecule has 2 aliphatic heterocycles. The molecule has 0 aromatic heterocycles. The Morgan fingerprint density at radius 1 is 0.741 bits per heavy atom. The molecule has 0 N–H and O–H groups in total. The zero-order valence-corrected chi connectivity index (χ0v) is 33.3. The Bertz CT molecular complexity index is 2200. The van der Waals surface area contributed by atoms with Crippen LogP contribution in [0, 0.1) is 0 Å². The molecule has 6 rings (SSSR count). The van der Waals surface area contributed by atoms with E-state index in [0.29, 0.717) is 0 Å². The van der Waals surface area contributed by atoms with Crippen molar-refractivity contribution < 1.29 is 0 Å². The third kappa shape index (κ3) is 7.68. The van der Waals surface area contributed by atoms with Gasteiger partial charge in [-0.2, -0.15) is 0 Å². The molecule has 2 heterocycles. The second kappa shape index (κ2) is 18.1. The number of hydrogen-bond acceptors (Lipinski definition) is 2. The normalized spacial score (nSPS) is 18.5. The third-order valence-electron chi connectivity index (χ3n) is 10.4. The first kappa shape index (κ1) is 38.4. The molecule has 54 heavy (non-hydrogen) atoms. The molecular formula is C52H53NS. The van der Waals surface area contributed by atoms with Gasteiger partial charge in [0.25, 0.3) is 0 Å². The van der Waals surface area contributed by atoms with E-state index in [2.05, 4.69) is 216 Å². The maximum absolute atomic E-state index is 4.89. The molecule has 0 saturated heterocycles. The summed E-state index contributed by atoms with van der Waals surface area (Å²) in [6, 6.07) is 32.0. The monoisotopic (exact) mass is 723 g/mol. The molecule has 2 unspecified atom stereocenters. The second-order valence-corrected chi connectivity index (χ2v) is 14.9. The van der Waals surface area contributed by atoms with Crippen LogP contribution in [0.2, 0.25) is 0 Å². The lowest BCUT2D eigenvalue weighted by molar-refractivity contribution is 0.688. The zero-order valence-electron chi connectivity index (χ0n) is 32.5. The van der Waals surface area contributed by atoms with Crippen LogP contribution < -0.4 is 4.90 Å². The highest BCUT2D eigenvalue weighted by atomic mass is 32.2. The minimum atomic E-state index is -0.584. The van der Waals surface area contributed by atoms with Crippen molar-refractivity contribution in [1.29, 1.82) is 0 Å². The molecule has 0 spiro atoms. The topological polar surface area (TPSA) is 3.24 Å². The Morgan fingerprint density at radius 3 is 2.26 bits per heavy atom. The van der Waals surface area contributed by atoms with Crippen molar-refractivity contribution in [3.8, 4) is 22.3 Å². The molecule has 4 aromatic rings. The standard InChI is InChI=1S/C52H53NS/c1-7-11-15-20-26-40(6)52(39(5)25-18-13-9-3)46-34-32-43(38-50(46)54-49-31-24-29-44(51(49)52)41-27-21-17-22-28-41)42-33-35-48-45(37-42)47(30-19-14-10-4)53(48)36-23-16-12-8-2/h8-10,12-35,37-38,47H,5,7,11,36H2,1-4,6H3/b12-8-,13-9-,14-10-,20-15-,23-16-,25-18-,30-19-,40-26+. The quantitative estimate of drug-likeness (QED) is 0.119. The van der Waals surface area contributed by atoms with Crippen molar-refractivity contribution in [3.05, 3.63) is 210 Å². The molecule has 0 saturated carbocycles. The Balaban J connectivity index is 1.53. The molecule has 2 aliphatic rings. The second-order valence-electron chi connectivity index (χ2n) is 13.8. The summed E-state index contributed by atoms with van der Waals surface area (Å²) in [6.07, 6.45) is 34.7. The number of allylic oxidation sites excluding steroid dienone is 15. The van der Waals surface area contributed by atoms with E-state index in [-0.39, 0.29) is 6.04 Å². The van der Waals surface area contributed by atoms with Gasteiger partial charge in [-0.1, -0.05) is 189 Å². The van der Waals surface area contributed by atoms with Gasteiger partial charge in [-0.15, -0.1) is 0 Å². The summed E-state index contributed by atoms with van der Waals surface area (Å²) < 4.78 is 0. The van der Waals surface area contributed by atoms with E-state index in [0.717, 1.165) is 25.0 Å². The molecule has 0 amide bonds. The van der Waals surface area contributed by atoms with Gasteiger partial charge in [-0.25, -0.2) is 0 Å². The lowest BCUT2D eigenvalue weighted by atomic mass is 9.62. The Kier molecular flexibility index (Phi) is 12.9. The molecule has 1 nitrogen and oxygen atoms in total. The van der Waals surface area contributed by atoms with Crippen LogP contribution in [0.1, 0.15) is 70.2 Å². The summed E-state index contributed by atoms with van der Waals surface area (Å²) in [4.78, 5) is 4.99. The molecule has 0 aliphatic carbocycles. The fourth-order valence-electron chi connectivity index (χ4n) is 7.76. The number of fused-ring (bicyclic) bond motifs is 3. The van der Waals surface area contributed by atoms with Crippen LogP contribution >= 0.6 is 11.8 Å². The van der Waals surface area contributed by atoms with Crippen LogP contribution in [0.25, 0.3) is 22.3 Å². The smallest absolute Gasteiger partial charge is 0.0753 e. The maximum Gasteiger partial charge on any atom is 0.0753 e. The molecule has 0 fully saturated rings. The first-order valence-electron chi connectivity index (χ1n) is 19.3. The summed E-state index contributed by atoms with van der Waals surface area (Å²) in [6.45, 7) is 16.5. The summed E-state index contributed by atoms with van der Waals surface area (Å²) >= 11 is 1.88. The average molecular weight is 724 g/mol. The molecule has 0 bridgehead atoms. The summed E-state index contributed by atoms with van der Waals surface area (Å²) in [5, 5.41) is 0. The molecule has 272 valence electrons. The van der Waals surface area contributed by atoms with Crippen molar-refractivity contribution in [2.75, 3.05) is 11.4 Å². The van der Waals surface area contributed by atoms with Gasteiger partial charge in [0, 0.05) is 27.6 Å². The van der Waals surface area contributed by atoms with Gasteiger partial charge < -0.3 is 4.90 Å². The van der Waals surface area contributed by atoms with Crippen molar-refractivity contribution in [1.82, 2.24) is 0 Å². The Labute approximate surface area is 328 Å². The molecule has 0 radical (unpaired) electrons. The first-order chi connectivity index (χ1) is 26.5. The van der Waals surface area contributed by atoms with Crippen molar-refractivity contribution in [2.24, 2.45) is 0 Å². The van der Waals surface area contributed by atoms with Gasteiger partial charge in [0.1, 0.15) is 0 Å². The number of hydrogen-bond donors (Lipinski definition) is 0. The van der Waals surface area contributed by atoms with Gasteiger partial charge in [-0.3, -0.25) is 0 Å². The lowest BCUT2D eigenvalue weighted by Gasteiger charge is -2.44. The van der Waals surface area contributed by atoms with E-state index in [1.807, 2.05) is 11.8 Å². The van der Waals surface area contributed by atoms with E-state index < -0.39 is 5.41 Å². The van der Waals surface area contributed by atoms with Crippen molar-refractivity contribution >= 4 is 17.4 Å². The predicted octanol–water partition coefficient (Wildman–Crippen LogP) is 14.9. The molecular weight excluding hydrogens is 671 g/mol. The summed E-state index contributed by atoms with van der Waals surface area (Å²) in [5.74, 6) is 0. The number of nitrogens with zero attached hydrogens (tertiary/aromatic N) is 1. The number of rotatable bonds is 14. The van der Waals surface area contributed by atoms with Crippen LogP contribution in [0.15, 0.2) is 204 Å². The fraction of sp³-hybridized carbons (Fsp3) is 0.192. The van der Waals surface area contributed by atoms with Gasteiger partial charge in [0.05, 0.1) is 11.5 Å². The van der Waals surface area contributed by atoms with E-state index in [9.17, 15) is 0 Å². The fourth-order valence-corrected chi connectivity index (χ4v) is 9.03. The summed E-state index contributed by atoms with van der Waals surface area (Å²) in [5.41, 5.74) is 11.9. The Morgan fingerprint density at radius 2 is 1.48 bits per heavy atom. The lowest BCUT2D eigenvalue weighted by Crippen LogP contribution is -2.37. The number of anilines is 1. The van der Waals surface area contributed by atoms with Gasteiger partial charge in [0.15, 0.2) is 0 Å². The van der Waals surface area contributed by atoms with Crippen LogP contribution in [-0.4, -0.2) is 6.54 Å². The van der Waals surface area contributed by atoms with Gasteiger partial charge in [-0.05, 0) is 97.3 Å². The van der Waals surface area contributed by atoms with Crippen LogP contribution in [0.5, 0.6) is 0 Å². The molecule has 2 atom stereocenters. The minimum Gasteiger partial charge on any atom is -0.357 e. The highest BCUT2D eigenvalue weighted by Crippen LogP contribution is 2.59. The highest BCUT2D eigenvalue weighted by molar-refractivity contribution is 7.99. The van der Waals surface area contributed by atoms with Crippen LogP contribution in [0.3, 0.4) is 0 Å². The average Bonchev–Trinajstić information content (AvgIpc) is 3.20. The molecule has 2 heteroatoms. The SMILES string of the molecule is C=C(/C=C\C=C/C)C1(/C(C)=C/C=C\CCC)c2ccc(-c3ccc4c(c3)C(/C=C\C=C/C)N4C/C=C\C=C/C)cc2Sc2cccc(-c3ccccc3)c21. The highest BCUT2D eigenvalue weighted by Gasteiger charge is 2.46. The largest absolute Gasteiger partial charge is 0.357 e. The van der Waals surface area contributed by atoms with E-state index in [1.54, 1.807) is 0 Å².